The third-order valence-corrected chi connectivity index (χ3v) is 0. The van der Waals surface area contributed by atoms with Crippen LogP contribution in [0.15, 0.2) is 0 Å². The van der Waals surface area contributed by atoms with Gasteiger partial charge in [0.05, 0.1) is 10.2 Å². The van der Waals surface area contributed by atoms with Gasteiger partial charge in [0.2, 0.25) is 0 Å². The van der Waals surface area contributed by atoms with Crippen LogP contribution < -0.4 is 18.9 Å². The summed E-state index contributed by atoms with van der Waals surface area (Å²) in [5.41, 5.74) is 0. The smallest absolute Gasteiger partial charge is 1.00 e. The molecule has 0 aromatic carbocycles. The maximum atomic E-state index is 8.25. The number of rotatable bonds is 0. The minimum atomic E-state index is -1.75. The molecule has 16 heteroatoms. The standard InChI is InChI=1S/Li.Mg.2NO3.6H2O.H/c;;2*2-1(3)4;;;;;;;/h;;;;6*1H2;/q+1;+2;2*-1;;;;;;;-1. The van der Waals surface area contributed by atoms with E-state index in [0.29, 0.717) is 0 Å². The van der Waals surface area contributed by atoms with Crippen molar-refractivity contribution in [2.45, 2.75) is 0 Å². The van der Waals surface area contributed by atoms with Crippen molar-refractivity contribution >= 4 is 23.1 Å². The maximum Gasteiger partial charge on any atom is 2.00 e. The van der Waals surface area contributed by atoms with E-state index in [0.717, 1.165) is 0 Å². The molecule has 0 heterocycles. The van der Waals surface area contributed by atoms with Gasteiger partial charge in [0, 0.05) is 0 Å². The Labute approximate surface area is 117 Å². The Morgan fingerprint density at radius 1 is 0.625 bits per heavy atom. The summed E-state index contributed by atoms with van der Waals surface area (Å²) in [7, 11) is 0. The van der Waals surface area contributed by atoms with E-state index in [2.05, 4.69) is 0 Å². The first-order valence-electron chi connectivity index (χ1n) is 1.10. The van der Waals surface area contributed by atoms with Crippen LogP contribution in [-0.2, 0) is 0 Å². The van der Waals surface area contributed by atoms with E-state index in [-0.39, 0.29) is 76.2 Å². The zero-order valence-electron chi connectivity index (χ0n) is 9.05. The van der Waals surface area contributed by atoms with Gasteiger partial charge in [0.1, 0.15) is 0 Å². The second-order valence-electron chi connectivity index (χ2n) is 0.447. The van der Waals surface area contributed by atoms with Crippen LogP contribution in [0.1, 0.15) is 1.43 Å². The summed E-state index contributed by atoms with van der Waals surface area (Å²) in [6, 6.07) is 0. The number of hydrogen-bond acceptors (Lipinski definition) is 6. The van der Waals surface area contributed by atoms with Gasteiger partial charge in [-0.25, -0.2) is 0 Å². The molecule has 0 aromatic heterocycles. The van der Waals surface area contributed by atoms with Crippen molar-refractivity contribution in [2.24, 2.45) is 0 Å². The summed E-state index contributed by atoms with van der Waals surface area (Å²) in [4.78, 5) is 16.5. The van der Waals surface area contributed by atoms with Crippen molar-refractivity contribution < 1.29 is 63.3 Å². The van der Waals surface area contributed by atoms with E-state index < -0.39 is 10.2 Å². The van der Waals surface area contributed by atoms with Crippen LogP contribution in [0.3, 0.4) is 0 Å². The van der Waals surface area contributed by atoms with Gasteiger partial charge >= 0.3 is 41.9 Å². The molecule has 16 heavy (non-hydrogen) atoms. The summed E-state index contributed by atoms with van der Waals surface area (Å²) in [5, 5.41) is 29.5. The van der Waals surface area contributed by atoms with E-state index in [1.54, 1.807) is 0 Å². The number of hydrogen-bond donors (Lipinski definition) is 0. The second-order valence-corrected chi connectivity index (χ2v) is 0.447. The third kappa shape index (κ3) is 9350. The topological polar surface area (TPSA) is 321 Å². The van der Waals surface area contributed by atoms with Crippen molar-refractivity contribution in [3.63, 3.8) is 0 Å². The molecule has 0 unspecified atom stereocenters. The summed E-state index contributed by atoms with van der Waals surface area (Å²) >= 11 is 0. The Balaban J connectivity index is -0.00000000308. The van der Waals surface area contributed by atoms with Crippen molar-refractivity contribution in [1.82, 2.24) is 0 Å². The normalized spacial score (nSPS) is 3.00. The first kappa shape index (κ1) is 107. The molecule has 14 nitrogen and oxygen atoms in total. The van der Waals surface area contributed by atoms with E-state index in [1.165, 1.54) is 0 Å². The van der Waals surface area contributed by atoms with E-state index in [1.807, 2.05) is 0 Å². The second kappa shape index (κ2) is 87.1. The molecule has 0 aliphatic heterocycles. The summed E-state index contributed by atoms with van der Waals surface area (Å²) < 4.78 is 0. The fraction of sp³-hybridized carbons (Fsp3) is 0. The summed E-state index contributed by atoms with van der Waals surface area (Å²) in [6.07, 6.45) is 0. The number of nitrogens with zero attached hydrogens (tertiary/aromatic N) is 2. The van der Waals surface area contributed by atoms with Gasteiger partial charge in [0.25, 0.3) is 0 Å². The van der Waals surface area contributed by atoms with E-state index in [9.17, 15) is 0 Å². The van der Waals surface area contributed by atoms with Gasteiger partial charge in [-0.15, -0.1) is 0 Å². The molecule has 0 spiro atoms. The molecule has 0 saturated heterocycles. The molecular weight excluding hydrogens is 251 g/mol. The van der Waals surface area contributed by atoms with Crippen LogP contribution in [-0.4, -0.2) is 66.1 Å². The molecular formula is H13LiMgN2O12. The SMILES string of the molecule is O.O.O.O.O.O.O=[N+]([O-])[O-].O=[N+]([O-])[O-].[H-].[Li+].[Mg+2]. The molecule has 0 radical (unpaired) electrons. The molecule has 0 amide bonds. The predicted octanol–water partition coefficient (Wildman–Crippen LogP) is -8.69. The molecule has 12 N–H and O–H groups in total. The van der Waals surface area contributed by atoms with Crippen LogP contribution in [0.2, 0.25) is 0 Å². The van der Waals surface area contributed by atoms with Crippen LogP contribution in [0, 0.1) is 30.6 Å². The van der Waals surface area contributed by atoms with Crippen LogP contribution >= 0.6 is 0 Å². The first-order chi connectivity index (χ1) is 3.46. The van der Waals surface area contributed by atoms with Crippen molar-refractivity contribution in [3.05, 3.63) is 30.6 Å². The molecule has 0 rings (SSSR count). The van der Waals surface area contributed by atoms with Crippen molar-refractivity contribution in [1.29, 1.82) is 0 Å². The Bertz CT molecular complexity index is 82.5. The fourth-order valence-corrected chi connectivity index (χ4v) is 0. The zero-order chi connectivity index (χ0) is 7.15. The van der Waals surface area contributed by atoms with Crippen molar-refractivity contribution in [3.8, 4) is 0 Å². The summed E-state index contributed by atoms with van der Waals surface area (Å²) in [5.74, 6) is 0. The molecule has 98 valence electrons. The fourth-order valence-electron chi connectivity index (χ4n) is 0. The van der Waals surface area contributed by atoms with Gasteiger partial charge in [-0.3, -0.25) is 0 Å². The molecule has 0 atom stereocenters. The Morgan fingerprint density at radius 2 is 0.625 bits per heavy atom. The largest absolute Gasteiger partial charge is 2.00 e. The third-order valence-electron chi connectivity index (χ3n) is 0. The predicted molar refractivity (Wildman–Crippen MR) is 49.3 cm³/mol. The average Bonchev–Trinajstić information content (AvgIpc) is 1.25. The minimum absolute atomic E-state index is 0. The van der Waals surface area contributed by atoms with Crippen LogP contribution in [0.25, 0.3) is 0 Å². The quantitative estimate of drug-likeness (QED) is 0.231. The van der Waals surface area contributed by atoms with Gasteiger partial charge in [-0.05, 0) is 0 Å². The average molecular weight is 264 g/mol. The molecule has 0 aliphatic carbocycles. The molecule has 0 fully saturated rings. The molecule has 0 aliphatic rings. The van der Waals surface area contributed by atoms with Gasteiger partial charge in [-0.1, -0.05) is 0 Å². The van der Waals surface area contributed by atoms with Gasteiger partial charge in [-0.2, -0.15) is 0 Å². The maximum absolute atomic E-state index is 8.25. The van der Waals surface area contributed by atoms with E-state index in [4.69, 9.17) is 30.6 Å². The first-order valence-corrected chi connectivity index (χ1v) is 1.10. The van der Waals surface area contributed by atoms with E-state index >= 15 is 0 Å². The Morgan fingerprint density at radius 3 is 0.625 bits per heavy atom. The summed E-state index contributed by atoms with van der Waals surface area (Å²) in [6.45, 7) is 0. The molecule has 0 saturated carbocycles. The Hall–Kier alpha value is -0.476. The monoisotopic (exact) mass is 264 g/mol. The Kier molecular flexibility index (Phi) is 584. The van der Waals surface area contributed by atoms with Crippen LogP contribution in [0.4, 0.5) is 0 Å². The molecule has 0 bridgehead atoms. The minimum Gasteiger partial charge on any atom is -1.00 e. The van der Waals surface area contributed by atoms with Crippen molar-refractivity contribution in [2.75, 3.05) is 0 Å². The molecule has 0 aromatic rings. The van der Waals surface area contributed by atoms with Gasteiger partial charge < -0.3 is 64.9 Å². The van der Waals surface area contributed by atoms with Crippen LogP contribution in [0.5, 0.6) is 0 Å². The van der Waals surface area contributed by atoms with Gasteiger partial charge in [0.15, 0.2) is 0 Å². The zero-order valence-corrected chi connectivity index (χ0v) is 9.47.